The van der Waals surface area contributed by atoms with Crippen molar-refractivity contribution in [3.63, 3.8) is 0 Å². The van der Waals surface area contributed by atoms with Crippen LogP contribution in [0.15, 0.2) is 60.0 Å². The Kier molecular flexibility index (Phi) is 9.03. The summed E-state index contributed by atoms with van der Waals surface area (Å²) < 4.78 is 5.77. The maximum atomic E-state index is 10.3. The number of aromatic nitrogens is 1. The van der Waals surface area contributed by atoms with Gasteiger partial charge in [-0.05, 0) is 30.3 Å². The van der Waals surface area contributed by atoms with Crippen LogP contribution in [0.25, 0.3) is 0 Å². The average molecular weight is 440 g/mol. The SMILES string of the molecule is CC(C)c1nc(CNCc2ccc(OC[C@H](O)CN(C)Cc3ccccc3)cc2)cs1. The monoisotopic (exact) mass is 439 g/mol. The van der Waals surface area contributed by atoms with Gasteiger partial charge in [-0.3, -0.25) is 4.90 Å². The molecule has 0 bridgehead atoms. The second kappa shape index (κ2) is 12.0. The van der Waals surface area contributed by atoms with E-state index in [0.29, 0.717) is 12.5 Å². The Labute approximate surface area is 189 Å². The van der Waals surface area contributed by atoms with E-state index in [9.17, 15) is 5.11 Å². The number of aliphatic hydroxyl groups excluding tert-OH is 1. The minimum atomic E-state index is -0.538. The Morgan fingerprint density at radius 2 is 1.77 bits per heavy atom. The van der Waals surface area contributed by atoms with Crippen molar-refractivity contribution in [2.24, 2.45) is 0 Å². The third kappa shape index (κ3) is 8.07. The fourth-order valence-corrected chi connectivity index (χ4v) is 4.11. The molecular formula is C25H33N3O2S. The standard InChI is InChI=1S/C25H33N3O2S/c1-19(2)25-27-22(18-31-25)14-26-13-20-9-11-24(12-10-20)30-17-23(29)16-28(3)15-21-7-5-4-6-8-21/h4-12,18-19,23,26,29H,13-17H2,1-3H3/t23-/m1/s1. The first-order chi connectivity index (χ1) is 15.0. The van der Waals surface area contributed by atoms with E-state index in [1.54, 1.807) is 11.3 Å². The first kappa shape index (κ1) is 23.4. The minimum Gasteiger partial charge on any atom is -0.491 e. The number of likely N-dealkylation sites (N-methyl/N-ethyl adjacent to an activating group) is 1. The maximum absolute atomic E-state index is 10.3. The quantitative estimate of drug-likeness (QED) is 0.437. The molecule has 3 aromatic rings. The Balaban J connectivity index is 1.35. The van der Waals surface area contributed by atoms with Gasteiger partial charge in [0.05, 0.1) is 10.7 Å². The van der Waals surface area contributed by atoms with E-state index in [1.807, 2.05) is 37.4 Å². The molecule has 3 rings (SSSR count). The van der Waals surface area contributed by atoms with Gasteiger partial charge in [-0.25, -0.2) is 4.98 Å². The second-order valence-corrected chi connectivity index (χ2v) is 9.12. The van der Waals surface area contributed by atoms with Crippen molar-refractivity contribution in [3.8, 4) is 5.75 Å². The summed E-state index contributed by atoms with van der Waals surface area (Å²) >= 11 is 1.73. The molecule has 0 radical (unpaired) electrons. The molecule has 1 heterocycles. The van der Waals surface area contributed by atoms with Crippen LogP contribution in [0.3, 0.4) is 0 Å². The highest BCUT2D eigenvalue weighted by atomic mass is 32.1. The van der Waals surface area contributed by atoms with Crippen molar-refractivity contribution in [2.75, 3.05) is 20.2 Å². The lowest BCUT2D eigenvalue weighted by atomic mass is 10.2. The van der Waals surface area contributed by atoms with E-state index in [0.717, 1.165) is 31.1 Å². The molecule has 31 heavy (non-hydrogen) atoms. The van der Waals surface area contributed by atoms with Crippen LogP contribution >= 0.6 is 11.3 Å². The third-order valence-electron chi connectivity index (χ3n) is 4.88. The number of nitrogens with one attached hydrogen (secondary N) is 1. The summed E-state index contributed by atoms with van der Waals surface area (Å²) in [5.41, 5.74) is 3.52. The fraction of sp³-hybridized carbons (Fsp3) is 0.400. The summed E-state index contributed by atoms with van der Waals surface area (Å²) in [4.78, 5) is 6.75. The average Bonchev–Trinajstić information content (AvgIpc) is 3.23. The smallest absolute Gasteiger partial charge is 0.119 e. The Morgan fingerprint density at radius 3 is 2.45 bits per heavy atom. The highest BCUT2D eigenvalue weighted by molar-refractivity contribution is 7.09. The lowest BCUT2D eigenvalue weighted by Crippen LogP contribution is -2.32. The van der Waals surface area contributed by atoms with Crippen molar-refractivity contribution in [1.82, 2.24) is 15.2 Å². The number of ether oxygens (including phenoxy) is 1. The lowest BCUT2D eigenvalue weighted by molar-refractivity contribution is 0.0744. The molecule has 0 spiro atoms. The zero-order valence-electron chi connectivity index (χ0n) is 18.6. The lowest BCUT2D eigenvalue weighted by Gasteiger charge is -2.21. The van der Waals surface area contributed by atoms with Crippen molar-refractivity contribution in [3.05, 3.63) is 81.8 Å². The number of nitrogens with zero attached hydrogens (tertiary/aromatic N) is 2. The summed E-state index contributed by atoms with van der Waals surface area (Å²) in [6, 6.07) is 18.3. The van der Waals surface area contributed by atoms with Crippen LogP contribution in [0.1, 0.15) is 41.6 Å². The van der Waals surface area contributed by atoms with Crippen LogP contribution in [-0.2, 0) is 19.6 Å². The molecule has 6 heteroatoms. The number of rotatable bonds is 12. The summed E-state index contributed by atoms with van der Waals surface area (Å²) in [5, 5.41) is 17.0. The second-order valence-electron chi connectivity index (χ2n) is 8.23. The van der Waals surface area contributed by atoms with Gasteiger partial charge in [0, 0.05) is 37.5 Å². The van der Waals surface area contributed by atoms with Crippen LogP contribution in [0.2, 0.25) is 0 Å². The van der Waals surface area contributed by atoms with Crippen LogP contribution in [0.4, 0.5) is 0 Å². The van der Waals surface area contributed by atoms with Gasteiger partial charge in [0.1, 0.15) is 18.5 Å². The first-order valence-electron chi connectivity index (χ1n) is 10.8. The fourth-order valence-electron chi connectivity index (χ4n) is 3.27. The Morgan fingerprint density at radius 1 is 1.03 bits per heavy atom. The largest absolute Gasteiger partial charge is 0.491 e. The van der Waals surface area contributed by atoms with Gasteiger partial charge in [0.15, 0.2) is 0 Å². The summed E-state index contributed by atoms with van der Waals surface area (Å²) in [6.45, 7) is 7.53. The predicted octanol–water partition coefficient (Wildman–Crippen LogP) is 4.43. The van der Waals surface area contributed by atoms with Crippen molar-refractivity contribution >= 4 is 11.3 Å². The molecule has 0 saturated heterocycles. The van der Waals surface area contributed by atoms with E-state index in [4.69, 9.17) is 4.74 Å². The van der Waals surface area contributed by atoms with E-state index >= 15 is 0 Å². The van der Waals surface area contributed by atoms with Gasteiger partial charge >= 0.3 is 0 Å². The van der Waals surface area contributed by atoms with Gasteiger partial charge < -0.3 is 15.2 Å². The summed E-state index contributed by atoms with van der Waals surface area (Å²) in [7, 11) is 2.01. The molecule has 1 aromatic heterocycles. The van der Waals surface area contributed by atoms with Gasteiger partial charge in [-0.15, -0.1) is 11.3 Å². The highest BCUT2D eigenvalue weighted by Gasteiger charge is 2.10. The minimum absolute atomic E-state index is 0.277. The number of hydrogen-bond donors (Lipinski definition) is 2. The summed E-state index contributed by atoms with van der Waals surface area (Å²) in [5.74, 6) is 1.25. The molecule has 0 aliphatic heterocycles. The van der Waals surface area contributed by atoms with E-state index < -0.39 is 6.10 Å². The molecule has 0 unspecified atom stereocenters. The van der Waals surface area contributed by atoms with Crippen LogP contribution in [0.5, 0.6) is 5.75 Å². The Hall–Kier alpha value is -2.25. The first-order valence-corrected chi connectivity index (χ1v) is 11.6. The van der Waals surface area contributed by atoms with Gasteiger partial charge in [0.25, 0.3) is 0 Å². The van der Waals surface area contributed by atoms with Crippen molar-refractivity contribution in [2.45, 2.75) is 45.5 Å². The molecule has 0 saturated carbocycles. The number of aliphatic hydroxyl groups is 1. The molecule has 1 atom stereocenters. The molecule has 2 aromatic carbocycles. The number of thiazole rings is 1. The zero-order chi connectivity index (χ0) is 22.1. The third-order valence-corrected chi connectivity index (χ3v) is 6.08. The normalized spacial score (nSPS) is 12.5. The maximum Gasteiger partial charge on any atom is 0.119 e. The van der Waals surface area contributed by atoms with Crippen molar-refractivity contribution in [1.29, 1.82) is 0 Å². The van der Waals surface area contributed by atoms with Gasteiger partial charge in [-0.2, -0.15) is 0 Å². The molecule has 166 valence electrons. The number of hydrogen-bond acceptors (Lipinski definition) is 6. The molecule has 0 aliphatic rings. The van der Waals surface area contributed by atoms with Crippen LogP contribution in [-0.4, -0.2) is 41.3 Å². The molecule has 5 nitrogen and oxygen atoms in total. The van der Waals surface area contributed by atoms with E-state index in [1.165, 1.54) is 16.1 Å². The molecule has 0 fully saturated rings. The number of benzene rings is 2. The predicted molar refractivity (Wildman–Crippen MR) is 127 cm³/mol. The van der Waals surface area contributed by atoms with Gasteiger partial charge in [0.2, 0.25) is 0 Å². The Bertz CT molecular complexity index is 897. The van der Waals surface area contributed by atoms with E-state index in [2.05, 4.69) is 58.7 Å². The molecule has 2 N–H and O–H groups in total. The van der Waals surface area contributed by atoms with Crippen LogP contribution in [0, 0.1) is 0 Å². The molecule has 0 aliphatic carbocycles. The van der Waals surface area contributed by atoms with E-state index in [-0.39, 0.29) is 6.61 Å². The molecule has 0 amide bonds. The van der Waals surface area contributed by atoms with Crippen LogP contribution < -0.4 is 10.1 Å². The van der Waals surface area contributed by atoms with Gasteiger partial charge in [-0.1, -0.05) is 56.3 Å². The zero-order valence-corrected chi connectivity index (χ0v) is 19.4. The van der Waals surface area contributed by atoms with Crippen molar-refractivity contribution < 1.29 is 9.84 Å². The summed E-state index contributed by atoms with van der Waals surface area (Å²) in [6.07, 6.45) is -0.538. The topological polar surface area (TPSA) is 57.6 Å². The highest BCUT2D eigenvalue weighted by Crippen LogP contribution is 2.19. The molecular weight excluding hydrogens is 406 g/mol.